The van der Waals surface area contributed by atoms with Gasteiger partial charge >= 0.3 is 0 Å². The van der Waals surface area contributed by atoms with E-state index in [-0.39, 0.29) is 11.7 Å². The van der Waals surface area contributed by atoms with E-state index >= 15 is 0 Å². The van der Waals surface area contributed by atoms with Crippen LogP contribution in [0, 0.1) is 12.7 Å². The normalized spacial score (nSPS) is 15.3. The van der Waals surface area contributed by atoms with Gasteiger partial charge in [-0.25, -0.2) is 4.39 Å². The molecule has 6 heteroatoms. The number of nitrogens with one attached hydrogen (secondary N) is 1. The second-order valence-corrected chi connectivity index (χ2v) is 8.01. The highest BCUT2D eigenvalue weighted by Crippen LogP contribution is 2.29. The molecular weight excluding hydrogens is 405 g/mol. The number of halogens is 1. The van der Waals surface area contributed by atoms with Gasteiger partial charge in [-0.3, -0.25) is 9.69 Å². The smallest absolute Gasteiger partial charge is 0.246 e. The van der Waals surface area contributed by atoms with Gasteiger partial charge < -0.3 is 15.0 Å². The van der Waals surface area contributed by atoms with E-state index in [2.05, 4.69) is 15.1 Å². The van der Waals surface area contributed by atoms with Crippen LogP contribution in [0.1, 0.15) is 17.2 Å². The largest absolute Gasteiger partial charge is 0.495 e. The van der Waals surface area contributed by atoms with Crippen molar-refractivity contribution in [2.45, 2.75) is 13.0 Å². The number of amides is 1. The molecular formula is C26H28FN3O2. The molecule has 1 atom stereocenters. The summed E-state index contributed by atoms with van der Waals surface area (Å²) >= 11 is 0. The van der Waals surface area contributed by atoms with Gasteiger partial charge in [0.2, 0.25) is 5.91 Å². The van der Waals surface area contributed by atoms with Crippen LogP contribution in [0.4, 0.5) is 15.8 Å². The van der Waals surface area contributed by atoms with Crippen LogP contribution in [-0.4, -0.2) is 44.1 Å². The van der Waals surface area contributed by atoms with Crippen LogP contribution in [0.25, 0.3) is 0 Å². The summed E-state index contributed by atoms with van der Waals surface area (Å²) in [6.45, 7) is 4.94. The minimum atomic E-state index is -0.420. The maximum Gasteiger partial charge on any atom is 0.246 e. The molecule has 0 saturated carbocycles. The topological polar surface area (TPSA) is 44.8 Å². The van der Waals surface area contributed by atoms with Crippen molar-refractivity contribution < 1.29 is 13.9 Å². The number of benzene rings is 3. The first-order valence-electron chi connectivity index (χ1n) is 10.8. The molecule has 1 aliphatic rings. The molecule has 0 aliphatic carbocycles. The van der Waals surface area contributed by atoms with Crippen molar-refractivity contribution in [3.8, 4) is 5.75 Å². The zero-order valence-electron chi connectivity index (χ0n) is 18.4. The van der Waals surface area contributed by atoms with E-state index < -0.39 is 6.04 Å². The van der Waals surface area contributed by atoms with Gasteiger partial charge in [0.25, 0.3) is 0 Å². The lowest BCUT2D eigenvalue weighted by Crippen LogP contribution is -2.50. The molecule has 1 N–H and O–H groups in total. The average Bonchev–Trinajstić information content (AvgIpc) is 2.81. The molecule has 166 valence electrons. The first-order chi connectivity index (χ1) is 15.5. The summed E-state index contributed by atoms with van der Waals surface area (Å²) in [5.41, 5.74) is 3.66. The van der Waals surface area contributed by atoms with Crippen LogP contribution in [0.5, 0.6) is 5.75 Å². The van der Waals surface area contributed by atoms with Gasteiger partial charge in [-0.2, -0.15) is 0 Å². The van der Waals surface area contributed by atoms with E-state index in [1.54, 1.807) is 19.2 Å². The molecule has 0 bridgehead atoms. The van der Waals surface area contributed by atoms with E-state index in [9.17, 15) is 9.18 Å². The average molecular weight is 434 g/mol. The predicted molar refractivity (Wildman–Crippen MR) is 126 cm³/mol. The highest BCUT2D eigenvalue weighted by atomic mass is 19.1. The van der Waals surface area contributed by atoms with Gasteiger partial charge in [0, 0.05) is 31.9 Å². The molecule has 3 aromatic rings. The zero-order chi connectivity index (χ0) is 22.5. The number of nitrogens with zero attached hydrogens (tertiary/aromatic N) is 2. The number of aryl methyl sites for hydroxylation is 1. The summed E-state index contributed by atoms with van der Waals surface area (Å²) in [4.78, 5) is 17.9. The number of anilines is 2. The van der Waals surface area contributed by atoms with Crippen molar-refractivity contribution in [2.75, 3.05) is 43.5 Å². The molecule has 0 aromatic heterocycles. The molecule has 0 spiro atoms. The van der Waals surface area contributed by atoms with Crippen molar-refractivity contribution in [3.05, 3.63) is 89.7 Å². The third kappa shape index (κ3) is 4.92. The Balaban J connectivity index is 1.54. The zero-order valence-corrected chi connectivity index (χ0v) is 18.4. The fourth-order valence-corrected chi connectivity index (χ4v) is 4.17. The van der Waals surface area contributed by atoms with E-state index in [0.29, 0.717) is 11.4 Å². The van der Waals surface area contributed by atoms with E-state index in [1.807, 2.05) is 55.5 Å². The van der Waals surface area contributed by atoms with Crippen molar-refractivity contribution in [1.29, 1.82) is 0 Å². The van der Waals surface area contributed by atoms with Gasteiger partial charge in [-0.15, -0.1) is 0 Å². The maximum atomic E-state index is 13.5. The molecule has 5 nitrogen and oxygen atoms in total. The van der Waals surface area contributed by atoms with Crippen LogP contribution in [0.2, 0.25) is 0 Å². The van der Waals surface area contributed by atoms with Crippen LogP contribution in [-0.2, 0) is 4.79 Å². The first-order valence-corrected chi connectivity index (χ1v) is 10.8. The Labute approximate surface area is 188 Å². The Bertz CT molecular complexity index is 1050. The van der Waals surface area contributed by atoms with Gasteiger partial charge in [-0.05, 0) is 54.4 Å². The number of hydrogen-bond acceptors (Lipinski definition) is 4. The summed E-state index contributed by atoms with van der Waals surface area (Å²) in [6.07, 6.45) is 0. The van der Waals surface area contributed by atoms with Crippen molar-refractivity contribution >= 4 is 17.3 Å². The molecule has 0 unspecified atom stereocenters. The Morgan fingerprint density at radius 3 is 2.31 bits per heavy atom. The molecule has 1 amide bonds. The second-order valence-electron chi connectivity index (χ2n) is 8.01. The fourth-order valence-electron chi connectivity index (χ4n) is 4.17. The molecule has 32 heavy (non-hydrogen) atoms. The number of hydrogen-bond donors (Lipinski definition) is 1. The molecule has 3 aromatic carbocycles. The quantitative estimate of drug-likeness (QED) is 0.615. The van der Waals surface area contributed by atoms with Crippen LogP contribution in [0.15, 0.2) is 72.8 Å². The van der Waals surface area contributed by atoms with Gasteiger partial charge in [0.1, 0.15) is 17.6 Å². The number of piperazine rings is 1. The minimum Gasteiger partial charge on any atom is -0.495 e. The van der Waals surface area contributed by atoms with Gasteiger partial charge in [0.05, 0.1) is 12.8 Å². The Morgan fingerprint density at radius 2 is 1.66 bits per heavy atom. The summed E-state index contributed by atoms with van der Waals surface area (Å²) in [5, 5.41) is 3.09. The molecule has 0 radical (unpaired) electrons. The van der Waals surface area contributed by atoms with Crippen molar-refractivity contribution in [3.63, 3.8) is 0 Å². The van der Waals surface area contributed by atoms with E-state index in [1.165, 1.54) is 12.1 Å². The highest BCUT2D eigenvalue weighted by Gasteiger charge is 2.31. The summed E-state index contributed by atoms with van der Waals surface area (Å²) in [7, 11) is 1.60. The molecule has 1 saturated heterocycles. The maximum absolute atomic E-state index is 13.5. The molecule has 4 rings (SSSR count). The number of ether oxygens (including phenoxy) is 1. The van der Waals surface area contributed by atoms with Crippen LogP contribution >= 0.6 is 0 Å². The Morgan fingerprint density at radius 1 is 0.969 bits per heavy atom. The lowest BCUT2D eigenvalue weighted by molar-refractivity contribution is -0.121. The molecule has 1 aliphatic heterocycles. The summed E-state index contributed by atoms with van der Waals surface area (Å²) in [5.74, 6) is 0.312. The predicted octanol–water partition coefficient (Wildman–Crippen LogP) is 4.64. The fraction of sp³-hybridized carbons (Fsp3) is 0.269. The number of carbonyl (C=O) groups excluding carboxylic acids is 1. The first kappa shape index (κ1) is 21.8. The Kier molecular flexibility index (Phi) is 6.71. The number of carbonyl (C=O) groups is 1. The van der Waals surface area contributed by atoms with Crippen LogP contribution in [0.3, 0.4) is 0 Å². The molecule has 1 fully saturated rings. The summed E-state index contributed by atoms with van der Waals surface area (Å²) < 4.78 is 18.7. The lowest BCUT2D eigenvalue weighted by atomic mass is 10.0. The standard InChI is InChI=1S/C26H28FN3O2/c1-19-8-13-24(32-2)23(18-19)28-26(31)25(20-6-4-3-5-7-20)30-16-14-29(15-17-30)22-11-9-21(27)10-12-22/h3-13,18,25H,14-17H2,1-2H3,(H,28,31)/t25-/m1/s1. The monoisotopic (exact) mass is 433 g/mol. The third-order valence-electron chi connectivity index (χ3n) is 5.85. The number of methoxy groups -OCH3 is 1. The SMILES string of the molecule is COc1ccc(C)cc1NC(=O)[C@@H](c1ccccc1)N1CCN(c2ccc(F)cc2)CC1. The highest BCUT2D eigenvalue weighted by molar-refractivity contribution is 5.97. The van der Waals surface area contributed by atoms with Gasteiger partial charge in [-0.1, -0.05) is 36.4 Å². The van der Waals surface area contributed by atoms with E-state index in [0.717, 1.165) is 43.0 Å². The Hall–Kier alpha value is -3.38. The van der Waals surface area contributed by atoms with Gasteiger partial charge in [0.15, 0.2) is 0 Å². The number of rotatable bonds is 6. The molecule has 1 heterocycles. The lowest BCUT2D eigenvalue weighted by Gasteiger charge is -2.39. The second kappa shape index (κ2) is 9.83. The summed E-state index contributed by atoms with van der Waals surface area (Å²) in [6, 6.07) is 21.7. The minimum absolute atomic E-state index is 0.0877. The van der Waals surface area contributed by atoms with Crippen molar-refractivity contribution in [1.82, 2.24) is 4.90 Å². The third-order valence-corrected chi connectivity index (χ3v) is 5.85. The van der Waals surface area contributed by atoms with Crippen LogP contribution < -0.4 is 15.0 Å². The van der Waals surface area contributed by atoms with E-state index in [4.69, 9.17) is 4.74 Å². The van der Waals surface area contributed by atoms with Crippen molar-refractivity contribution in [2.24, 2.45) is 0 Å².